The largest absolute Gasteiger partial charge is 0.496 e. The van der Waals surface area contributed by atoms with Crippen molar-refractivity contribution in [1.29, 1.82) is 0 Å². The van der Waals surface area contributed by atoms with E-state index in [2.05, 4.69) is 15.9 Å². The van der Waals surface area contributed by atoms with Gasteiger partial charge < -0.3 is 14.6 Å². The summed E-state index contributed by atoms with van der Waals surface area (Å²) in [7, 11) is 1.60. The number of halogens is 2. The minimum atomic E-state index is -1.03. The quantitative estimate of drug-likeness (QED) is 0.847. The van der Waals surface area contributed by atoms with Crippen LogP contribution in [-0.4, -0.2) is 18.2 Å². The molecule has 2 rings (SSSR count). The van der Waals surface area contributed by atoms with E-state index >= 15 is 0 Å². The highest BCUT2D eigenvalue weighted by molar-refractivity contribution is 9.10. The highest BCUT2D eigenvalue weighted by Crippen LogP contribution is 2.28. The highest BCUT2D eigenvalue weighted by Gasteiger charge is 2.08. The molecule has 2 aromatic carbocycles. The number of hydrogen-bond donors (Lipinski definition) is 1. The van der Waals surface area contributed by atoms with Gasteiger partial charge in [0.15, 0.2) is 0 Å². The Bertz CT molecular complexity index is 673. The molecule has 21 heavy (non-hydrogen) atoms. The van der Waals surface area contributed by atoms with Crippen LogP contribution in [0.2, 0.25) is 5.02 Å². The number of carboxylic acid groups (broad SMARTS) is 1. The second-order valence-corrected chi connectivity index (χ2v) is 5.47. The van der Waals surface area contributed by atoms with Gasteiger partial charge in [-0.25, -0.2) is 4.79 Å². The van der Waals surface area contributed by atoms with Gasteiger partial charge >= 0.3 is 5.97 Å². The molecule has 0 saturated heterocycles. The summed E-state index contributed by atoms with van der Waals surface area (Å²) < 4.78 is 11.6. The Morgan fingerprint density at radius 2 is 1.95 bits per heavy atom. The van der Waals surface area contributed by atoms with Gasteiger partial charge in [-0.2, -0.15) is 0 Å². The molecule has 0 aliphatic rings. The number of carboxylic acids is 1. The summed E-state index contributed by atoms with van der Waals surface area (Å²) in [6.07, 6.45) is 0. The molecule has 0 radical (unpaired) electrons. The van der Waals surface area contributed by atoms with Gasteiger partial charge in [0, 0.05) is 0 Å². The Hall–Kier alpha value is -1.72. The van der Waals surface area contributed by atoms with Gasteiger partial charge in [0.25, 0.3) is 0 Å². The molecule has 0 amide bonds. The lowest BCUT2D eigenvalue weighted by molar-refractivity contribution is 0.0697. The molecule has 0 heterocycles. The summed E-state index contributed by atoms with van der Waals surface area (Å²) in [6, 6.07) is 9.96. The van der Waals surface area contributed by atoms with Crippen molar-refractivity contribution in [3.05, 3.63) is 57.0 Å². The molecular weight excluding hydrogens is 360 g/mol. The van der Waals surface area contributed by atoms with E-state index in [1.54, 1.807) is 13.2 Å². The number of methoxy groups -OCH3 is 1. The third kappa shape index (κ3) is 3.89. The number of benzene rings is 2. The first-order valence-corrected chi connectivity index (χ1v) is 7.16. The van der Waals surface area contributed by atoms with Gasteiger partial charge in [0.2, 0.25) is 0 Å². The standard InChI is InChI=1S/C15H12BrClO4/c1-20-13-4-2-9(6-11(13)16)8-21-14-5-3-10(15(18)19)7-12(14)17/h2-7H,8H2,1H3,(H,18,19). The summed E-state index contributed by atoms with van der Waals surface area (Å²) in [6.45, 7) is 0.314. The predicted octanol–water partition coefficient (Wildman–Crippen LogP) is 4.39. The first kappa shape index (κ1) is 15.7. The first-order valence-electron chi connectivity index (χ1n) is 5.99. The fraction of sp³-hybridized carbons (Fsp3) is 0.133. The van der Waals surface area contributed by atoms with Crippen molar-refractivity contribution in [2.45, 2.75) is 6.61 Å². The van der Waals surface area contributed by atoms with Crippen LogP contribution in [-0.2, 0) is 6.61 Å². The molecule has 0 aromatic heterocycles. The van der Waals surface area contributed by atoms with Gasteiger partial charge in [-0.05, 0) is 51.8 Å². The molecule has 2 aromatic rings. The summed E-state index contributed by atoms with van der Waals surface area (Å²) in [5, 5.41) is 9.14. The molecule has 110 valence electrons. The molecule has 0 atom stereocenters. The van der Waals surface area contributed by atoms with Crippen LogP contribution in [0.25, 0.3) is 0 Å². The number of carbonyl (C=O) groups is 1. The van der Waals surface area contributed by atoms with Crippen LogP contribution in [0.1, 0.15) is 15.9 Å². The lowest BCUT2D eigenvalue weighted by Crippen LogP contribution is -1.99. The van der Waals surface area contributed by atoms with Crippen LogP contribution in [0.5, 0.6) is 11.5 Å². The summed E-state index contributed by atoms with van der Waals surface area (Å²) >= 11 is 9.40. The van der Waals surface area contributed by atoms with Gasteiger partial charge in [0.05, 0.1) is 22.2 Å². The predicted molar refractivity (Wildman–Crippen MR) is 83.4 cm³/mol. The number of hydrogen-bond acceptors (Lipinski definition) is 3. The number of rotatable bonds is 5. The molecule has 0 saturated carbocycles. The minimum Gasteiger partial charge on any atom is -0.496 e. The molecule has 0 aliphatic heterocycles. The number of aromatic carboxylic acids is 1. The van der Waals surface area contributed by atoms with E-state index in [0.717, 1.165) is 15.8 Å². The lowest BCUT2D eigenvalue weighted by atomic mass is 10.2. The summed E-state index contributed by atoms with van der Waals surface area (Å²) in [5.74, 6) is 0.152. The van der Waals surface area contributed by atoms with Crippen molar-refractivity contribution in [1.82, 2.24) is 0 Å². The SMILES string of the molecule is COc1ccc(COc2ccc(C(=O)O)cc2Cl)cc1Br. The zero-order valence-electron chi connectivity index (χ0n) is 11.1. The maximum absolute atomic E-state index is 10.8. The third-order valence-corrected chi connectivity index (χ3v) is 3.70. The molecule has 0 aliphatic carbocycles. The summed E-state index contributed by atoms with van der Waals surface area (Å²) in [5.41, 5.74) is 1.06. The Morgan fingerprint density at radius 3 is 2.52 bits per heavy atom. The fourth-order valence-electron chi connectivity index (χ4n) is 1.71. The van der Waals surface area contributed by atoms with E-state index in [1.165, 1.54) is 12.1 Å². The topological polar surface area (TPSA) is 55.8 Å². The second-order valence-electron chi connectivity index (χ2n) is 4.21. The van der Waals surface area contributed by atoms with Crippen molar-refractivity contribution in [3.8, 4) is 11.5 Å². The summed E-state index contributed by atoms with van der Waals surface area (Å²) in [4.78, 5) is 10.8. The lowest BCUT2D eigenvalue weighted by Gasteiger charge is -2.10. The zero-order chi connectivity index (χ0) is 15.4. The van der Waals surface area contributed by atoms with Crippen LogP contribution < -0.4 is 9.47 Å². The van der Waals surface area contributed by atoms with Crippen molar-refractivity contribution >= 4 is 33.5 Å². The van der Waals surface area contributed by atoms with Crippen molar-refractivity contribution in [2.75, 3.05) is 7.11 Å². The molecular formula is C15H12BrClO4. The maximum Gasteiger partial charge on any atom is 0.335 e. The van der Waals surface area contributed by atoms with Crippen molar-refractivity contribution < 1.29 is 19.4 Å². The van der Waals surface area contributed by atoms with E-state index in [4.69, 9.17) is 26.2 Å². The van der Waals surface area contributed by atoms with Crippen LogP contribution in [0.3, 0.4) is 0 Å². The minimum absolute atomic E-state index is 0.125. The van der Waals surface area contributed by atoms with Crippen LogP contribution in [0.4, 0.5) is 0 Å². The van der Waals surface area contributed by atoms with Gasteiger partial charge in [-0.15, -0.1) is 0 Å². The Labute approximate surface area is 135 Å². The van der Waals surface area contributed by atoms with E-state index in [9.17, 15) is 4.79 Å². The first-order chi connectivity index (χ1) is 10.0. The smallest absolute Gasteiger partial charge is 0.335 e. The average Bonchev–Trinajstić information content (AvgIpc) is 2.46. The van der Waals surface area contributed by atoms with Crippen LogP contribution in [0.15, 0.2) is 40.9 Å². The second kappa shape index (κ2) is 6.83. The molecule has 1 N–H and O–H groups in total. The van der Waals surface area contributed by atoms with E-state index < -0.39 is 5.97 Å². The normalized spacial score (nSPS) is 10.2. The van der Waals surface area contributed by atoms with E-state index in [1.807, 2.05) is 18.2 Å². The van der Waals surface area contributed by atoms with Crippen LogP contribution >= 0.6 is 27.5 Å². The molecule has 0 spiro atoms. The van der Waals surface area contributed by atoms with Gasteiger partial charge in [0.1, 0.15) is 18.1 Å². The molecule has 6 heteroatoms. The molecule has 0 unspecified atom stereocenters. The molecule has 4 nitrogen and oxygen atoms in total. The Kier molecular flexibility index (Phi) is 5.09. The van der Waals surface area contributed by atoms with E-state index in [0.29, 0.717) is 12.4 Å². The van der Waals surface area contributed by atoms with Gasteiger partial charge in [-0.1, -0.05) is 17.7 Å². The Balaban J connectivity index is 2.09. The van der Waals surface area contributed by atoms with Crippen LogP contribution in [0, 0.1) is 0 Å². The third-order valence-electron chi connectivity index (χ3n) is 2.79. The van der Waals surface area contributed by atoms with Crippen molar-refractivity contribution in [3.63, 3.8) is 0 Å². The van der Waals surface area contributed by atoms with Gasteiger partial charge in [-0.3, -0.25) is 0 Å². The Morgan fingerprint density at radius 1 is 1.24 bits per heavy atom. The monoisotopic (exact) mass is 370 g/mol. The highest BCUT2D eigenvalue weighted by atomic mass is 79.9. The zero-order valence-corrected chi connectivity index (χ0v) is 13.4. The van der Waals surface area contributed by atoms with E-state index in [-0.39, 0.29) is 10.6 Å². The fourth-order valence-corrected chi connectivity index (χ4v) is 2.53. The molecule has 0 bridgehead atoms. The maximum atomic E-state index is 10.8. The number of ether oxygens (including phenoxy) is 2. The van der Waals surface area contributed by atoms with Crippen molar-refractivity contribution in [2.24, 2.45) is 0 Å². The average molecular weight is 372 g/mol. The molecule has 0 fully saturated rings.